The summed E-state index contributed by atoms with van der Waals surface area (Å²) in [5.74, 6) is 0. The molecule has 0 spiro atoms. The van der Waals surface area contributed by atoms with Crippen LogP contribution >= 0.6 is 0 Å². The van der Waals surface area contributed by atoms with Crippen molar-refractivity contribution in [3.05, 3.63) is 0 Å². The first kappa shape index (κ1) is 19.6. The van der Waals surface area contributed by atoms with E-state index in [9.17, 15) is 4.79 Å². The first-order valence-electron chi connectivity index (χ1n) is 6.69. The standard InChI is InChI=1S/C13H27NO2.Na.H/c1-2-3-4-5-6-7-8-9-10-11-12-16-13(14)15;;/h2-12H2,1H3,(H2,14,15);;/q;+1;-1. The summed E-state index contributed by atoms with van der Waals surface area (Å²) in [5, 5.41) is 0. The number of ether oxygens (including phenoxy) is 1. The van der Waals surface area contributed by atoms with Gasteiger partial charge < -0.3 is 11.9 Å². The Bertz CT molecular complexity index is 171. The Morgan fingerprint density at radius 2 is 1.35 bits per heavy atom. The SMILES string of the molecule is CCCCCCCCCCCCOC(N)=O.[H-].[Na+]. The van der Waals surface area contributed by atoms with Gasteiger partial charge in [-0.05, 0) is 6.42 Å². The molecule has 0 radical (unpaired) electrons. The van der Waals surface area contributed by atoms with Gasteiger partial charge in [-0.25, -0.2) is 4.79 Å². The zero-order valence-electron chi connectivity index (χ0n) is 12.7. The van der Waals surface area contributed by atoms with Crippen LogP contribution in [0.4, 0.5) is 4.79 Å². The molecule has 0 bridgehead atoms. The van der Waals surface area contributed by atoms with Crippen molar-refractivity contribution in [3.8, 4) is 0 Å². The van der Waals surface area contributed by atoms with Crippen LogP contribution in [0.2, 0.25) is 0 Å². The third-order valence-corrected chi connectivity index (χ3v) is 2.74. The summed E-state index contributed by atoms with van der Waals surface area (Å²) < 4.78 is 4.65. The van der Waals surface area contributed by atoms with Crippen LogP contribution in [-0.2, 0) is 4.74 Å². The van der Waals surface area contributed by atoms with Crippen LogP contribution in [-0.4, -0.2) is 12.7 Å². The van der Waals surface area contributed by atoms with Crippen LogP contribution in [0.5, 0.6) is 0 Å². The fourth-order valence-corrected chi connectivity index (χ4v) is 1.76. The second kappa shape index (κ2) is 16.3. The number of hydrogen-bond donors (Lipinski definition) is 1. The van der Waals surface area contributed by atoms with Gasteiger partial charge in [-0.15, -0.1) is 0 Å². The van der Waals surface area contributed by atoms with Gasteiger partial charge in [-0.2, -0.15) is 0 Å². The molecule has 0 unspecified atom stereocenters. The molecule has 4 heteroatoms. The number of carbonyl (C=O) groups excluding carboxylic acids is 1. The quantitative estimate of drug-likeness (QED) is 0.443. The van der Waals surface area contributed by atoms with E-state index in [0.29, 0.717) is 6.61 Å². The molecule has 0 aromatic heterocycles. The molecule has 3 nitrogen and oxygen atoms in total. The molecule has 2 N–H and O–H groups in total. The number of unbranched alkanes of at least 4 members (excludes halogenated alkanes) is 9. The van der Waals surface area contributed by atoms with E-state index in [1.165, 1.54) is 51.4 Å². The molecule has 0 fully saturated rings. The van der Waals surface area contributed by atoms with Gasteiger partial charge in [0.2, 0.25) is 0 Å². The summed E-state index contributed by atoms with van der Waals surface area (Å²) >= 11 is 0. The molecular weight excluding hydrogens is 225 g/mol. The Labute approximate surface area is 130 Å². The van der Waals surface area contributed by atoms with Crippen LogP contribution in [0, 0.1) is 0 Å². The molecule has 0 aliphatic heterocycles. The van der Waals surface area contributed by atoms with Gasteiger partial charge in [-0.1, -0.05) is 64.7 Å². The zero-order chi connectivity index (χ0) is 12.1. The second-order valence-electron chi connectivity index (χ2n) is 4.35. The van der Waals surface area contributed by atoms with E-state index in [1.54, 1.807) is 0 Å². The first-order valence-corrected chi connectivity index (χ1v) is 6.69. The largest absolute Gasteiger partial charge is 1.00 e. The van der Waals surface area contributed by atoms with Crippen molar-refractivity contribution in [1.29, 1.82) is 0 Å². The zero-order valence-corrected chi connectivity index (χ0v) is 13.7. The number of carbonyl (C=O) groups is 1. The van der Waals surface area contributed by atoms with Gasteiger partial charge in [-0.3, -0.25) is 0 Å². The van der Waals surface area contributed by atoms with Crippen molar-refractivity contribution >= 4 is 6.09 Å². The van der Waals surface area contributed by atoms with Gasteiger partial charge in [0, 0.05) is 0 Å². The van der Waals surface area contributed by atoms with E-state index in [4.69, 9.17) is 5.73 Å². The molecule has 0 saturated carbocycles. The van der Waals surface area contributed by atoms with Crippen molar-refractivity contribution in [2.24, 2.45) is 5.73 Å². The maximum Gasteiger partial charge on any atom is 1.00 e. The summed E-state index contributed by atoms with van der Waals surface area (Å²) in [4.78, 5) is 10.3. The van der Waals surface area contributed by atoms with Crippen LogP contribution in [0.15, 0.2) is 0 Å². The molecule has 0 rings (SSSR count). The van der Waals surface area contributed by atoms with Gasteiger partial charge in [0.15, 0.2) is 0 Å². The van der Waals surface area contributed by atoms with Gasteiger partial charge in [0.05, 0.1) is 6.61 Å². The van der Waals surface area contributed by atoms with Crippen molar-refractivity contribution in [2.45, 2.75) is 71.1 Å². The summed E-state index contributed by atoms with van der Waals surface area (Å²) in [6.45, 7) is 2.72. The molecule has 0 aromatic rings. The molecule has 17 heavy (non-hydrogen) atoms. The molecular formula is C13H28NNaO2. The topological polar surface area (TPSA) is 52.3 Å². The van der Waals surface area contributed by atoms with E-state index in [1.807, 2.05) is 0 Å². The average Bonchev–Trinajstić information content (AvgIpc) is 2.25. The summed E-state index contributed by atoms with van der Waals surface area (Å²) in [6, 6.07) is 0. The molecule has 0 saturated heterocycles. The monoisotopic (exact) mass is 253 g/mol. The molecule has 98 valence electrons. The number of primary amides is 1. The van der Waals surface area contributed by atoms with Crippen molar-refractivity contribution < 1.29 is 40.5 Å². The summed E-state index contributed by atoms with van der Waals surface area (Å²) in [7, 11) is 0. The van der Waals surface area contributed by atoms with E-state index < -0.39 is 6.09 Å². The predicted octanol–water partition coefficient (Wildman–Crippen LogP) is 1.12. The van der Waals surface area contributed by atoms with Crippen molar-refractivity contribution in [3.63, 3.8) is 0 Å². The van der Waals surface area contributed by atoms with Crippen LogP contribution in [0.25, 0.3) is 0 Å². The van der Waals surface area contributed by atoms with Crippen molar-refractivity contribution in [1.82, 2.24) is 0 Å². The third-order valence-electron chi connectivity index (χ3n) is 2.74. The first-order chi connectivity index (χ1) is 7.77. The fourth-order valence-electron chi connectivity index (χ4n) is 1.76. The third kappa shape index (κ3) is 18.8. The number of hydrogen-bond acceptors (Lipinski definition) is 2. The van der Waals surface area contributed by atoms with Crippen molar-refractivity contribution in [2.75, 3.05) is 6.61 Å². The van der Waals surface area contributed by atoms with Crippen LogP contribution in [0.3, 0.4) is 0 Å². The number of nitrogens with two attached hydrogens (primary N) is 1. The van der Waals surface area contributed by atoms with Gasteiger partial charge in [0.25, 0.3) is 0 Å². The second-order valence-corrected chi connectivity index (χ2v) is 4.35. The molecule has 0 aliphatic rings. The minimum atomic E-state index is -0.657. The van der Waals surface area contributed by atoms with Crippen LogP contribution in [0.1, 0.15) is 72.6 Å². The van der Waals surface area contributed by atoms with E-state index in [2.05, 4.69) is 11.7 Å². The van der Waals surface area contributed by atoms with Crippen LogP contribution < -0.4 is 35.3 Å². The molecule has 0 atom stereocenters. The van der Waals surface area contributed by atoms with Gasteiger partial charge in [0.1, 0.15) is 0 Å². The average molecular weight is 253 g/mol. The predicted molar refractivity (Wildman–Crippen MR) is 68.5 cm³/mol. The number of rotatable bonds is 11. The molecule has 0 aromatic carbocycles. The van der Waals surface area contributed by atoms with E-state index >= 15 is 0 Å². The summed E-state index contributed by atoms with van der Waals surface area (Å²) in [5.41, 5.74) is 4.85. The Balaban J connectivity index is -0.00000112. The molecule has 0 heterocycles. The Morgan fingerprint density at radius 1 is 0.941 bits per heavy atom. The normalized spacial score (nSPS) is 9.71. The maximum absolute atomic E-state index is 10.3. The minimum Gasteiger partial charge on any atom is -1.00 e. The smallest absolute Gasteiger partial charge is 1.00 e. The Morgan fingerprint density at radius 3 is 1.76 bits per heavy atom. The van der Waals surface area contributed by atoms with E-state index in [0.717, 1.165) is 12.8 Å². The molecule has 0 aliphatic carbocycles. The molecule has 1 amide bonds. The summed E-state index contributed by atoms with van der Waals surface area (Å²) in [6.07, 6.45) is 12.2. The number of amides is 1. The Hall–Kier alpha value is 0.270. The minimum absolute atomic E-state index is 0. The Kier molecular flexibility index (Phi) is 18.8. The fraction of sp³-hybridized carbons (Fsp3) is 0.923. The van der Waals surface area contributed by atoms with Gasteiger partial charge >= 0.3 is 35.7 Å². The maximum atomic E-state index is 10.3. The van der Waals surface area contributed by atoms with E-state index in [-0.39, 0.29) is 31.0 Å².